The summed E-state index contributed by atoms with van der Waals surface area (Å²) >= 11 is 0. The first-order valence-corrected chi connectivity index (χ1v) is 6.55. The molecule has 2 atom stereocenters. The fourth-order valence-electron chi connectivity index (χ4n) is 2.36. The van der Waals surface area contributed by atoms with Gasteiger partial charge in [-0.1, -0.05) is 48.5 Å². The molecule has 2 nitrogen and oxygen atoms in total. The fourth-order valence-corrected chi connectivity index (χ4v) is 2.36. The van der Waals surface area contributed by atoms with Crippen molar-refractivity contribution >= 4 is 0 Å². The van der Waals surface area contributed by atoms with Gasteiger partial charge in [0.2, 0.25) is 0 Å². The van der Waals surface area contributed by atoms with Crippen LogP contribution in [0.15, 0.2) is 48.5 Å². The van der Waals surface area contributed by atoms with Gasteiger partial charge in [0, 0.05) is 6.42 Å². The van der Waals surface area contributed by atoms with Crippen molar-refractivity contribution in [2.75, 3.05) is 0 Å². The summed E-state index contributed by atoms with van der Waals surface area (Å²) in [6, 6.07) is 15.4. The Labute approximate surface area is 114 Å². The Kier molecular flexibility index (Phi) is 4.35. The average Bonchev–Trinajstić information content (AvgIpc) is 2.43. The summed E-state index contributed by atoms with van der Waals surface area (Å²) in [4.78, 5) is 0. The van der Waals surface area contributed by atoms with Gasteiger partial charge in [0.1, 0.15) is 6.10 Å². The van der Waals surface area contributed by atoms with Gasteiger partial charge < -0.3 is 10.2 Å². The largest absolute Gasteiger partial charge is 0.390 e. The first kappa shape index (κ1) is 13.8. The number of aliphatic hydroxyl groups excluding tert-OH is 2. The minimum Gasteiger partial charge on any atom is -0.390 e. The number of aliphatic hydroxyl groups is 2. The molecular weight excluding hydrogens is 236 g/mol. The van der Waals surface area contributed by atoms with Crippen molar-refractivity contribution in [2.24, 2.45) is 0 Å². The van der Waals surface area contributed by atoms with Gasteiger partial charge in [-0.3, -0.25) is 0 Å². The number of hydrogen-bond donors (Lipinski definition) is 2. The lowest BCUT2D eigenvalue weighted by Gasteiger charge is -2.20. The Balaban J connectivity index is 2.15. The first-order chi connectivity index (χ1) is 9.09. The zero-order chi connectivity index (χ0) is 13.8. The van der Waals surface area contributed by atoms with E-state index in [1.807, 2.05) is 62.4 Å². The molecule has 0 aliphatic carbocycles. The van der Waals surface area contributed by atoms with Crippen LogP contribution in [0.5, 0.6) is 0 Å². The summed E-state index contributed by atoms with van der Waals surface area (Å²) in [6.45, 7) is 4.06. The van der Waals surface area contributed by atoms with Gasteiger partial charge in [-0.05, 0) is 36.1 Å². The molecule has 0 spiro atoms. The van der Waals surface area contributed by atoms with Crippen molar-refractivity contribution in [3.63, 3.8) is 0 Å². The van der Waals surface area contributed by atoms with Crippen LogP contribution in [0, 0.1) is 13.8 Å². The van der Waals surface area contributed by atoms with Crippen LogP contribution in [-0.2, 0) is 6.42 Å². The molecule has 0 amide bonds. The predicted octanol–water partition coefficient (Wildman–Crippen LogP) is 2.94. The third-order valence-electron chi connectivity index (χ3n) is 3.56. The van der Waals surface area contributed by atoms with Crippen molar-refractivity contribution in [3.05, 3.63) is 70.8 Å². The highest BCUT2D eigenvalue weighted by molar-refractivity contribution is 5.34. The standard InChI is InChI=1S/C17H20O2/c1-12-7-6-8-13(2)15(12)11-16(18)17(19)14-9-4-3-5-10-14/h3-10,16-19H,11H2,1-2H3. The molecule has 0 heterocycles. The predicted molar refractivity (Wildman–Crippen MR) is 77.0 cm³/mol. The molecule has 2 N–H and O–H groups in total. The van der Waals surface area contributed by atoms with E-state index in [2.05, 4.69) is 0 Å². The Bertz CT molecular complexity index is 514. The molecule has 0 aromatic heterocycles. The molecule has 0 aliphatic heterocycles. The first-order valence-electron chi connectivity index (χ1n) is 6.55. The van der Waals surface area contributed by atoms with Crippen LogP contribution in [0.4, 0.5) is 0 Å². The van der Waals surface area contributed by atoms with Crippen molar-refractivity contribution in [2.45, 2.75) is 32.5 Å². The van der Waals surface area contributed by atoms with E-state index in [0.29, 0.717) is 6.42 Å². The van der Waals surface area contributed by atoms with Crippen LogP contribution >= 0.6 is 0 Å². The average molecular weight is 256 g/mol. The molecule has 19 heavy (non-hydrogen) atoms. The second kappa shape index (κ2) is 6.00. The molecule has 0 saturated carbocycles. The molecule has 0 saturated heterocycles. The summed E-state index contributed by atoms with van der Waals surface area (Å²) < 4.78 is 0. The van der Waals surface area contributed by atoms with E-state index in [-0.39, 0.29) is 0 Å². The van der Waals surface area contributed by atoms with E-state index >= 15 is 0 Å². The van der Waals surface area contributed by atoms with Gasteiger partial charge in [0.05, 0.1) is 6.10 Å². The van der Waals surface area contributed by atoms with E-state index in [9.17, 15) is 10.2 Å². The summed E-state index contributed by atoms with van der Waals surface area (Å²) in [5.74, 6) is 0. The van der Waals surface area contributed by atoms with Gasteiger partial charge in [0.15, 0.2) is 0 Å². The van der Waals surface area contributed by atoms with Crippen LogP contribution in [-0.4, -0.2) is 16.3 Å². The lowest BCUT2D eigenvalue weighted by molar-refractivity contribution is 0.0188. The maximum Gasteiger partial charge on any atom is 0.105 e. The molecule has 2 aromatic rings. The normalized spacial score (nSPS) is 14.1. The molecular formula is C17H20O2. The Morgan fingerprint density at radius 1 is 0.842 bits per heavy atom. The van der Waals surface area contributed by atoms with E-state index < -0.39 is 12.2 Å². The molecule has 2 rings (SSSR count). The fraction of sp³-hybridized carbons (Fsp3) is 0.294. The second-order valence-corrected chi connectivity index (χ2v) is 5.00. The third-order valence-corrected chi connectivity index (χ3v) is 3.56. The molecule has 2 heteroatoms. The minimum atomic E-state index is -0.847. The maximum atomic E-state index is 10.2. The van der Waals surface area contributed by atoms with E-state index in [0.717, 1.165) is 22.3 Å². The molecule has 2 unspecified atom stereocenters. The highest BCUT2D eigenvalue weighted by Crippen LogP contribution is 2.22. The molecule has 100 valence electrons. The second-order valence-electron chi connectivity index (χ2n) is 5.00. The Morgan fingerprint density at radius 2 is 1.42 bits per heavy atom. The zero-order valence-corrected chi connectivity index (χ0v) is 11.4. The van der Waals surface area contributed by atoms with E-state index in [1.165, 1.54) is 0 Å². The molecule has 2 aromatic carbocycles. The van der Waals surface area contributed by atoms with Gasteiger partial charge in [-0.25, -0.2) is 0 Å². The SMILES string of the molecule is Cc1cccc(C)c1CC(O)C(O)c1ccccc1. The molecule has 0 bridgehead atoms. The van der Waals surface area contributed by atoms with Crippen LogP contribution < -0.4 is 0 Å². The summed E-state index contributed by atoms with van der Waals surface area (Å²) in [6.07, 6.45) is -1.17. The Morgan fingerprint density at radius 3 is 2.00 bits per heavy atom. The summed E-state index contributed by atoms with van der Waals surface area (Å²) in [7, 11) is 0. The number of rotatable bonds is 4. The molecule has 0 radical (unpaired) electrons. The summed E-state index contributed by atoms with van der Waals surface area (Å²) in [5, 5.41) is 20.4. The van der Waals surface area contributed by atoms with Gasteiger partial charge in [0.25, 0.3) is 0 Å². The lowest BCUT2D eigenvalue weighted by atomic mass is 9.93. The number of aryl methyl sites for hydroxylation is 2. The maximum absolute atomic E-state index is 10.2. The highest BCUT2D eigenvalue weighted by atomic mass is 16.3. The summed E-state index contributed by atoms with van der Waals surface area (Å²) in [5.41, 5.74) is 4.17. The van der Waals surface area contributed by atoms with Crippen molar-refractivity contribution in [1.82, 2.24) is 0 Å². The minimum absolute atomic E-state index is 0.467. The highest BCUT2D eigenvalue weighted by Gasteiger charge is 2.19. The Hall–Kier alpha value is -1.64. The number of hydrogen-bond acceptors (Lipinski definition) is 2. The number of benzene rings is 2. The molecule has 0 fully saturated rings. The van der Waals surface area contributed by atoms with Crippen LogP contribution in [0.25, 0.3) is 0 Å². The van der Waals surface area contributed by atoms with Crippen molar-refractivity contribution < 1.29 is 10.2 Å². The van der Waals surface area contributed by atoms with E-state index in [4.69, 9.17) is 0 Å². The molecule has 0 aliphatic rings. The van der Waals surface area contributed by atoms with Gasteiger partial charge >= 0.3 is 0 Å². The topological polar surface area (TPSA) is 40.5 Å². The van der Waals surface area contributed by atoms with Gasteiger partial charge in [-0.2, -0.15) is 0 Å². The van der Waals surface area contributed by atoms with E-state index in [1.54, 1.807) is 0 Å². The smallest absolute Gasteiger partial charge is 0.105 e. The van der Waals surface area contributed by atoms with Crippen LogP contribution in [0.2, 0.25) is 0 Å². The quantitative estimate of drug-likeness (QED) is 0.883. The van der Waals surface area contributed by atoms with Gasteiger partial charge in [-0.15, -0.1) is 0 Å². The van der Waals surface area contributed by atoms with Crippen LogP contribution in [0.1, 0.15) is 28.4 Å². The third kappa shape index (κ3) is 3.22. The monoisotopic (exact) mass is 256 g/mol. The van der Waals surface area contributed by atoms with Crippen molar-refractivity contribution in [3.8, 4) is 0 Å². The van der Waals surface area contributed by atoms with Crippen molar-refractivity contribution in [1.29, 1.82) is 0 Å². The lowest BCUT2D eigenvalue weighted by Crippen LogP contribution is -2.21. The van der Waals surface area contributed by atoms with Crippen LogP contribution in [0.3, 0.4) is 0 Å². The zero-order valence-electron chi connectivity index (χ0n) is 11.4.